The number of hydrogen-bond donors (Lipinski definition) is 2. The fraction of sp³-hybridized carbons (Fsp3) is 0. The number of aromatic carboxylic acids is 1. The van der Waals surface area contributed by atoms with Crippen LogP contribution in [0.2, 0.25) is 0 Å². The van der Waals surface area contributed by atoms with Crippen molar-refractivity contribution in [1.29, 1.82) is 0 Å². The van der Waals surface area contributed by atoms with Gasteiger partial charge >= 0.3 is 5.97 Å². The Morgan fingerprint density at radius 1 is 1.42 bits per heavy atom. The van der Waals surface area contributed by atoms with Crippen LogP contribution in [-0.2, 0) is 10.0 Å². The number of anilines is 1. The zero-order valence-electron chi connectivity index (χ0n) is 8.94. The minimum Gasteiger partial charge on any atom is -0.478 e. The number of carboxylic acids is 1. The molecule has 0 saturated heterocycles. The van der Waals surface area contributed by atoms with E-state index in [-0.39, 0.29) is 15.6 Å². The molecule has 11 heteroatoms. The Morgan fingerprint density at radius 3 is 2.74 bits per heavy atom. The highest BCUT2D eigenvalue weighted by Gasteiger charge is 2.19. The molecule has 2 rings (SSSR count). The molecule has 0 radical (unpaired) electrons. The maximum absolute atomic E-state index is 12.0. The zero-order chi connectivity index (χ0) is 14.0. The Bertz CT molecular complexity index is 716. The van der Waals surface area contributed by atoms with E-state index in [9.17, 15) is 13.2 Å². The van der Waals surface area contributed by atoms with Gasteiger partial charge in [-0.3, -0.25) is 4.72 Å². The standard InChI is InChI=1S/C8H5IN4O4S2/c9-6-2-1-4(3-5(6)7(14)15)19(16,17)11-8-10-12-13-18-8/h1-3H,(H,14,15)(H,10,11,13). The number of hydrogen-bond acceptors (Lipinski definition) is 7. The van der Waals surface area contributed by atoms with Crippen LogP contribution in [0.25, 0.3) is 0 Å². The summed E-state index contributed by atoms with van der Waals surface area (Å²) >= 11 is 2.59. The fourth-order valence-corrected chi connectivity index (χ4v) is 3.36. The molecular formula is C8H5IN4O4S2. The second-order valence-electron chi connectivity index (χ2n) is 3.22. The first-order valence-corrected chi connectivity index (χ1v) is 7.94. The molecule has 0 atom stereocenters. The highest BCUT2D eigenvalue weighted by atomic mass is 127. The maximum atomic E-state index is 12.0. The summed E-state index contributed by atoms with van der Waals surface area (Å²) in [6, 6.07) is 3.81. The number of sulfonamides is 1. The Balaban J connectivity index is 2.41. The van der Waals surface area contributed by atoms with Gasteiger partial charge in [0.25, 0.3) is 10.0 Å². The van der Waals surface area contributed by atoms with Gasteiger partial charge in [0, 0.05) is 15.1 Å². The fourth-order valence-electron chi connectivity index (χ4n) is 1.18. The van der Waals surface area contributed by atoms with Gasteiger partial charge in [-0.2, -0.15) is 0 Å². The molecule has 0 spiro atoms. The highest BCUT2D eigenvalue weighted by Crippen LogP contribution is 2.20. The second kappa shape index (κ2) is 5.34. The van der Waals surface area contributed by atoms with Gasteiger partial charge in [0.15, 0.2) is 0 Å². The van der Waals surface area contributed by atoms with E-state index in [0.717, 1.165) is 17.6 Å². The van der Waals surface area contributed by atoms with Crippen LogP contribution in [-0.4, -0.2) is 34.3 Å². The third kappa shape index (κ3) is 3.16. The lowest BCUT2D eigenvalue weighted by molar-refractivity contribution is 0.0695. The van der Waals surface area contributed by atoms with Crippen molar-refractivity contribution < 1.29 is 18.3 Å². The first-order valence-electron chi connectivity index (χ1n) is 4.61. The molecule has 1 heterocycles. The lowest BCUT2D eigenvalue weighted by atomic mass is 10.2. The summed E-state index contributed by atoms with van der Waals surface area (Å²) in [5, 5.41) is 15.7. The largest absolute Gasteiger partial charge is 0.478 e. The van der Waals surface area contributed by atoms with Crippen LogP contribution >= 0.6 is 34.1 Å². The van der Waals surface area contributed by atoms with E-state index in [0.29, 0.717) is 3.57 Å². The Kier molecular flexibility index (Phi) is 3.96. The van der Waals surface area contributed by atoms with Gasteiger partial charge < -0.3 is 5.11 Å². The van der Waals surface area contributed by atoms with E-state index in [1.807, 2.05) is 22.6 Å². The smallest absolute Gasteiger partial charge is 0.336 e. The van der Waals surface area contributed by atoms with Gasteiger partial charge in [0.2, 0.25) is 5.13 Å². The van der Waals surface area contributed by atoms with Gasteiger partial charge in [-0.25, -0.2) is 13.2 Å². The van der Waals surface area contributed by atoms with Crippen molar-refractivity contribution in [3.63, 3.8) is 0 Å². The van der Waals surface area contributed by atoms with Crippen LogP contribution in [0.1, 0.15) is 10.4 Å². The third-order valence-corrected chi connectivity index (χ3v) is 4.92. The number of nitrogens with zero attached hydrogens (tertiary/aromatic N) is 3. The molecule has 2 N–H and O–H groups in total. The van der Waals surface area contributed by atoms with Gasteiger partial charge in [-0.15, -0.1) is 0 Å². The van der Waals surface area contributed by atoms with E-state index >= 15 is 0 Å². The molecule has 0 bridgehead atoms. The van der Waals surface area contributed by atoms with E-state index < -0.39 is 16.0 Å². The van der Waals surface area contributed by atoms with E-state index in [2.05, 4.69) is 19.5 Å². The van der Waals surface area contributed by atoms with Crippen LogP contribution < -0.4 is 4.72 Å². The summed E-state index contributed by atoms with van der Waals surface area (Å²) in [4.78, 5) is 10.8. The first-order chi connectivity index (χ1) is 8.90. The molecule has 0 aliphatic carbocycles. The average Bonchev–Trinajstić information content (AvgIpc) is 2.80. The Hall–Kier alpha value is -1.34. The maximum Gasteiger partial charge on any atom is 0.336 e. The Labute approximate surface area is 125 Å². The molecular weight excluding hydrogens is 407 g/mol. The molecule has 8 nitrogen and oxygen atoms in total. The van der Waals surface area contributed by atoms with Crippen LogP contribution in [0.4, 0.5) is 5.13 Å². The van der Waals surface area contributed by atoms with Crippen molar-refractivity contribution >= 4 is 55.2 Å². The quantitative estimate of drug-likeness (QED) is 0.720. The summed E-state index contributed by atoms with van der Waals surface area (Å²) < 4.78 is 30.0. The number of carbonyl (C=O) groups is 1. The molecule has 2 aromatic rings. The molecule has 100 valence electrons. The van der Waals surface area contributed by atoms with Gasteiger partial charge in [-0.05, 0) is 46.0 Å². The zero-order valence-corrected chi connectivity index (χ0v) is 12.7. The lowest BCUT2D eigenvalue weighted by Gasteiger charge is -2.06. The molecule has 19 heavy (non-hydrogen) atoms. The van der Waals surface area contributed by atoms with Crippen molar-refractivity contribution in [2.45, 2.75) is 4.90 Å². The second-order valence-corrected chi connectivity index (χ2v) is 6.80. The summed E-state index contributed by atoms with van der Waals surface area (Å²) in [5.41, 5.74) is -0.0844. The lowest BCUT2D eigenvalue weighted by Crippen LogP contribution is -2.14. The van der Waals surface area contributed by atoms with E-state index in [1.54, 1.807) is 0 Å². The van der Waals surface area contributed by atoms with Crippen LogP contribution in [0.15, 0.2) is 23.1 Å². The summed E-state index contributed by atoms with van der Waals surface area (Å²) in [5.74, 6) is -1.20. The van der Waals surface area contributed by atoms with Crippen LogP contribution in [0.5, 0.6) is 0 Å². The van der Waals surface area contributed by atoms with E-state index in [1.165, 1.54) is 12.1 Å². The minimum atomic E-state index is -3.90. The van der Waals surface area contributed by atoms with Gasteiger partial charge in [-0.1, -0.05) is 9.59 Å². The molecule has 0 aliphatic heterocycles. The van der Waals surface area contributed by atoms with Crippen molar-refractivity contribution in [3.8, 4) is 0 Å². The number of aromatic nitrogens is 3. The van der Waals surface area contributed by atoms with Gasteiger partial charge in [0.05, 0.1) is 10.5 Å². The predicted octanol–water partition coefficient (Wildman–Crippen LogP) is 1.04. The number of nitrogens with one attached hydrogen (secondary N) is 1. The molecule has 1 aromatic carbocycles. The van der Waals surface area contributed by atoms with E-state index in [4.69, 9.17) is 5.11 Å². The normalized spacial score (nSPS) is 11.2. The molecule has 0 aliphatic rings. The van der Waals surface area contributed by atoms with Crippen molar-refractivity contribution in [3.05, 3.63) is 27.3 Å². The molecule has 0 fully saturated rings. The molecule has 0 amide bonds. The topological polar surface area (TPSA) is 122 Å². The minimum absolute atomic E-state index is 0.00965. The average molecular weight is 412 g/mol. The summed E-state index contributed by atoms with van der Waals surface area (Å²) in [6.07, 6.45) is 0. The number of benzene rings is 1. The third-order valence-electron chi connectivity index (χ3n) is 2.00. The number of carboxylic acid groups (broad SMARTS) is 1. The van der Waals surface area contributed by atoms with Crippen molar-refractivity contribution in [1.82, 2.24) is 14.8 Å². The van der Waals surface area contributed by atoms with Gasteiger partial charge in [0.1, 0.15) is 0 Å². The molecule has 0 unspecified atom stereocenters. The first kappa shape index (κ1) is 14.1. The predicted molar refractivity (Wildman–Crippen MR) is 74.6 cm³/mol. The van der Waals surface area contributed by atoms with Crippen molar-refractivity contribution in [2.75, 3.05) is 4.72 Å². The summed E-state index contributed by atoms with van der Waals surface area (Å²) in [6.45, 7) is 0. The molecule has 0 saturated carbocycles. The van der Waals surface area contributed by atoms with Crippen molar-refractivity contribution in [2.24, 2.45) is 0 Å². The molecule has 1 aromatic heterocycles. The highest BCUT2D eigenvalue weighted by molar-refractivity contribution is 14.1. The van der Waals surface area contributed by atoms with Crippen LogP contribution in [0.3, 0.4) is 0 Å². The number of rotatable bonds is 4. The Morgan fingerprint density at radius 2 is 2.16 bits per heavy atom. The summed E-state index contributed by atoms with van der Waals surface area (Å²) in [7, 11) is -3.90. The SMILES string of the molecule is O=C(O)c1cc(S(=O)(=O)Nc2nnns2)ccc1I. The number of halogens is 1. The monoisotopic (exact) mass is 412 g/mol. The van der Waals surface area contributed by atoms with Crippen LogP contribution in [0, 0.1) is 3.57 Å².